The van der Waals surface area contributed by atoms with Crippen molar-refractivity contribution in [2.45, 2.75) is 80.1 Å². The van der Waals surface area contributed by atoms with Gasteiger partial charge in [-0.05, 0) is 75.1 Å². The summed E-state index contributed by atoms with van der Waals surface area (Å²) in [7, 11) is -1.72. The lowest BCUT2D eigenvalue weighted by Gasteiger charge is -2.37. The van der Waals surface area contributed by atoms with Crippen molar-refractivity contribution in [2.24, 2.45) is 5.41 Å². The standard InChI is InChI=1S/C29H44O6P2/c1-8-10-11-25-14-20(3)12-23(6)27(25)34-36-31-17-29(16-30)18-32-37(33-19-29)35-28-24(7)13-21(4)15-26(28)22(5)9-2/h12-15,22,30,36H,8-11,16-19H2,1-7H3. The fourth-order valence-corrected chi connectivity index (χ4v) is 6.64. The van der Waals surface area contributed by atoms with Crippen molar-refractivity contribution in [3.63, 3.8) is 0 Å². The molecule has 1 saturated heterocycles. The summed E-state index contributed by atoms with van der Waals surface area (Å²) in [5.41, 5.74) is 6.42. The van der Waals surface area contributed by atoms with Crippen LogP contribution >= 0.6 is 17.6 Å². The van der Waals surface area contributed by atoms with Gasteiger partial charge in [-0.2, -0.15) is 0 Å². The summed E-state index contributed by atoms with van der Waals surface area (Å²) in [5.74, 6) is 2.13. The third-order valence-electron chi connectivity index (χ3n) is 6.92. The molecule has 2 aromatic carbocycles. The van der Waals surface area contributed by atoms with Crippen LogP contribution < -0.4 is 9.05 Å². The molecule has 1 heterocycles. The van der Waals surface area contributed by atoms with E-state index in [2.05, 4.69) is 72.7 Å². The number of unbranched alkanes of at least 4 members (excludes halogenated alkanes) is 1. The zero-order valence-electron chi connectivity index (χ0n) is 23.5. The van der Waals surface area contributed by atoms with Crippen LogP contribution in [-0.2, 0) is 20.0 Å². The summed E-state index contributed by atoms with van der Waals surface area (Å²) in [6.07, 6.45) is 4.27. The minimum atomic E-state index is -1.55. The summed E-state index contributed by atoms with van der Waals surface area (Å²) in [6, 6.07) is 8.64. The van der Waals surface area contributed by atoms with Crippen LogP contribution in [0.2, 0.25) is 0 Å². The molecule has 1 N–H and O–H groups in total. The molecule has 37 heavy (non-hydrogen) atoms. The first-order valence-electron chi connectivity index (χ1n) is 13.3. The average molecular weight is 551 g/mol. The Balaban J connectivity index is 1.56. The lowest BCUT2D eigenvalue weighted by Crippen LogP contribution is -2.42. The van der Waals surface area contributed by atoms with Crippen LogP contribution in [0, 0.1) is 33.1 Å². The van der Waals surface area contributed by atoms with E-state index in [4.69, 9.17) is 22.6 Å². The van der Waals surface area contributed by atoms with Crippen LogP contribution in [0.15, 0.2) is 24.3 Å². The van der Waals surface area contributed by atoms with E-state index in [-0.39, 0.29) is 22.2 Å². The van der Waals surface area contributed by atoms with Gasteiger partial charge < -0.3 is 27.7 Å². The molecule has 2 unspecified atom stereocenters. The Morgan fingerprint density at radius 3 is 2.27 bits per heavy atom. The van der Waals surface area contributed by atoms with E-state index >= 15 is 0 Å². The maximum absolute atomic E-state index is 10.2. The summed E-state index contributed by atoms with van der Waals surface area (Å²) in [6.45, 7) is 15.7. The molecule has 2 atom stereocenters. The summed E-state index contributed by atoms with van der Waals surface area (Å²) in [5, 5.41) is 10.2. The number of aryl methyl sites for hydroxylation is 5. The Hall–Kier alpha value is -1.26. The maximum atomic E-state index is 10.2. The van der Waals surface area contributed by atoms with Crippen molar-refractivity contribution in [3.8, 4) is 11.5 Å². The molecule has 0 spiro atoms. The molecule has 1 fully saturated rings. The van der Waals surface area contributed by atoms with Gasteiger partial charge in [-0.15, -0.1) is 0 Å². The minimum absolute atomic E-state index is 0.104. The number of aliphatic hydroxyl groups excluding tert-OH is 1. The van der Waals surface area contributed by atoms with E-state index in [0.29, 0.717) is 19.1 Å². The molecule has 3 rings (SSSR count). The van der Waals surface area contributed by atoms with E-state index in [1.807, 2.05) is 0 Å². The second-order valence-electron chi connectivity index (χ2n) is 10.5. The van der Waals surface area contributed by atoms with E-state index in [0.717, 1.165) is 48.3 Å². The first-order valence-corrected chi connectivity index (χ1v) is 15.2. The second-order valence-corrected chi connectivity index (χ2v) is 12.3. The molecule has 206 valence electrons. The lowest BCUT2D eigenvalue weighted by atomic mass is 9.93. The van der Waals surface area contributed by atoms with Gasteiger partial charge in [0.15, 0.2) is 0 Å². The van der Waals surface area contributed by atoms with Crippen LogP contribution in [0.1, 0.15) is 79.3 Å². The highest BCUT2D eigenvalue weighted by Gasteiger charge is 2.39. The van der Waals surface area contributed by atoms with Gasteiger partial charge >= 0.3 is 8.60 Å². The summed E-state index contributed by atoms with van der Waals surface area (Å²) < 4.78 is 30.3. The maximum Gasteiger partial charge on any atom is 0.397 e. The van der Waals surface area contributed by atoms with Gasteiger partial charge in [-0.3, -0.25) is 0 Å². The van der Waals surface area contributed by atoms with E-state index in [1.165, 1.54) is 22.3 Å². The molecule has 0 radical (unpaired) electrons. The van der Waals surface area contributed by atoms with Crippen LogP contribution in [0.5, 0.6) is 11.5 Å². The quantitative estimate of drug-likeness (QED) is 0.201. The highest BCUT2D eigenvalue weighted by Crippen LogP contribution is 2.50. The fraction of sp³-hybridized carbons (Fsp3) is 0.586. The van der Waals surface area contributed by atoms with Crippen molar-refractivity contribution in [2.75, 3.05) is 26.4 Å². The number of hydrogen-bond acceptors (Lipinski definition) is 6. The highest BCUT2D eigenvalue weighted by atomic mass is 31.2. The van der Waals surface area contributed by atoms with Crippen molar-refractivity contribution >= 4 is 17.6 Å². The molecule has 0 bridgehead atoms. The van der Waals surface area contributed by atoms with Gasteiger partial charge in [-0.25, -0.2) is 0 Å². The minimum Gasteiger partial charge on any atom is -0.449 e. The van der Waals surface area contributed by atoms with E-state index < -0.39 is 14.0 Å². The number of hydrogen-bond donors (Lipinski definition) is 1. The molecule has 2 aromatic rings. The SMILES string of the molecule is CCCCc1cc(C)cc(C)c1OPOCC1(CO)COP(Oc2c(C)cc(C)cc2C(C)CC)OC1. The number of rotatable bonds is 13. The predicted octanol–water partition coefficient (Wildman–Crippen LogP) is 8.01. The Labute approximate surface area is 226 Å². The third kappa shape index (κ3) is 8.12. The molecule has 6 nitrogen and oxygen atoms in total. The van der Waals surface area contributed by atoms with E-state index in [9.17, 15) is 5.11 Å². The van der Waals surface area contributed by atoms with Crippen LogP contribution in [0.25, 0.3) is 0 Å². The largest absolute Gasteiger partial charge is 0.449 e. The van der Waals surface area contributed by atoms with Crippen molar-refractivity contribution in [3.05, 3.63) is 57.6 Å². The van der Waals surface area contributed by atoms with Crippen molar-refractivity contribution < 1.29 is 27.7 Å². The van der Waals surface area contributed by atoms with Gasteiger partial charge in [0.25, 0.3) is 0 Å². The molecule has 0 saturated carbocycles. The molecule has 8 heteroatoms. The van der Waals surface area contributed by atoms with Crippen LogP contribution in [0.4, 0.5) is 0 Å². The molecule has 1 aliphatic rings. The summed E-state index contributed by atoms with van der Waals surface area (Å²) in [4.78, 5) is 0. The normalized spacial score (nSPS) is 20.9. The second kappa shape index (κ2) is 14.2. The molecular weight excluding hydrogens is 506 g/mol. The molecule has 0 aromatic heterocycles. The van der Waals surface area contributed by atoms with Crippen LogP contribution in [0.3, 0.4) is 0 Å². The predicted molar refractivity (Wildman–Crippen MR) is 153 cm³/mol. The Bertz CT molecular complexity index is 1020. The van der Waals surface area contributed by atoms with Gasteiger partial charge in [-0.1, -0.05) is 62.6 Å². The molecular formula is C29H44O6P2. The molecule has 1 aliphatic heterocycles. The lowest BCUT2D eigenvalue weighted by molar-refractivity contribution is -0.0441. The first kappa shape index (κ1) is 30.3. The number of aliphatic hydroxyl groups is 1. The smallest absolute Gasteiger partial charge is 0.397 e. The Morgan fingerprint density at radius 1 is 1.00 bits per heavy atom. The monoisotopic (exact) mass is 550 g/mol. The molecule has 0 aliphatic carbocycles. The Morgan fingerprint density at radius 2 is 1.65 bits per heavy atom. The van der Waals surface area contributed by atoms with Gasteiger partial charge in [0.2, 0.25) is 9.03 Å². The highest BCUT2D eigenvalue weighted by molar-refractivity contribution is 7.42. The average Bonchev–Trinajstić information content (AvgIpc) is 2.88. The van der Waals surface area contributed by atoms with Crippen molar-refractivity contribution in [1.29, 1.82) is 0 Å². The number of benzene rings is 2. The van der Waals surface area contributed by atoms with Crippen LogP contribution in [-0.4, -0.2) is 31.5 Å². The van der Waals surface area contributed by atoms with Gasteiger partial charge in [0, 0.05) is 0 Å². The third-order valence-corrected chi connectivity index (χ3v) is 8.48. The van der Waals surface area contributed by atoms with Gasteiger partial charge in [0.05, 0.1) is 31.8 Å². The molecule has 0 amide bonds. The summed E-state index contributed by atoms with van der Waals surface area (Å²) >= 11 is 0. The van der Waals surface area contributed by atoms with Gasteiger partial charge in [0.1, 0.15) is 11.5 Å². The zero-order chi connectivity index (χ0) is 27.0. The first-order chi connectivity index (χ1) is 17.7. The van der Waals surface area contributed by atoms with Crippen molar-refractivity contribution in [1.82, 2.24) is 0 Å². The van der Waals surface area contributed by atoms with E-state index in [1.54, 1.807) is 0 Å². The topological polar surface area (TPSA) is 66.4 Å². The fourth-order valence-electron chi connectivity index (χ4n) is 4.50. The zero-order valence-corrected chi connectivity index (χ0v) is 25.4. The Kier molecular flexibility index (Phi) is 11.6.